The monoisotopic (exact) mass is 470 g/mol. The Morgan fingerprint density at radius 2 is 1.71 bits per heavy atom. The van der Waals surface area contributed by atoms with Crippen LogP contribution in [-0.2, 0) is 28.6 Å². The van der Waals surface area contributed by atoms with Crippen molar-refractivity contribution in [3.05, 3.63) is 0 Å². The molecule has 0 amide bonds. The summed E-state index contributed by atoms with van der Waals surface area (Å²) in [6.45, 7) is 2.00. The van der Waals surface area contributed by atoms with Gasteiger partial charge in [0.1, 0.15) is 11.9 Å². The summed E-state index contributed by atoms with van der Waals surface area (Å²) in [5.74, 6) is 4.95. The Balaban J connectivity index is 0.956. The maximum Gasteiger partial charge on any atom is 0.311 e. The molecule has 8 bridgehead atoms. The number of hydrogen-bond donors (Lipinski definition) is 0. The Bertz CT molecular complexity index is 884. The molecule has 0 radical (unpaired) electrons. The molecule has 34 heavy (non-hydrogen) atoms. The molecule has 0 saturated heterocycles. The Morgan fingerprint density at radius 3 is 2.56 bits per heavy atom. The molecule has 6 nitrogen and oxygen atoms in total. The van der Waals surface area contributed by atoms with Crippen LogP contribution in [0, 0.1) is 65.1 Å². The highest BCUT2D eigenvalue weighted by atomic mass is 16.7. The van der Waals surface area contributed by atoms with Gasteiger partial charge >= 0.3 is 11.9 Å². The molecule has 8 aliphatic carbocycles. The summed E-state index contributed by atoms with van der Waals surface area (Å²) in [5.41, 5.74) is 0. The summed E-state index contributed by atoms with van der Waals surface area (Å²) in [6, 6.07) is 0. The molecule has 8 rings (SSSR count). The molecule has 186 valence electrons. The van der Waals surface area contributed by atoms with Crippen LogP contribution in [0.15, 0.2) is 0 Å². The topological polar surface area (TPSA) is 78.9 Å². The van der Waals surface area contributed by atoms with E-state index in [1.54, 1.807) is 0 Å². The Morgan fingerprint density at radius 1 is 0.882 bits per heavy atom. The molecule has 6 heteroatoms. The van der Waals surface area contributed by atoms with Crippen molar-refractivity contribution in [1.82, 2.24) is 0 Å². The molecule has 0 N–H and O–H groups in total. The van der Waals surface area contributed by atoms with Gasteiger partial charge in [-0.15, -0.1) is 0 Å². The van der Waals surface area contributed by atoms with E-state index >= 15 is 0 Å². The van der Waals surface area contributed by atoms with E-state index in [2.05, 4.69) is 0 Å². The fraction of sp³-hybridized carbons (Fsp3) is 0.893. The fourth-order valence-electron chi connectivity index (χ4n) is 10.5. The quantitative estimate of drug-likeness (QED) is 0.316. The average Bonchev–Trinajstić information content (AvgIpc) is 3.57. The summed E-state index contributed by atoms with van der Waals surface area (Å²) < 4.78 is 17.7. The van der Waals surface area contributed by atoms with Crippen LogP contribution in [-0.4, -0.2) is 36.7 Å². The Labute approximate surface area is 201 Å². The van der Waals surface area contributed by atoms with Crippen LogP contribution < -0.4 is 0 Å². The number of hydrogen-bond acceptors (Lipinski definition) is 6. The number of fused-ring (bicyclic) bond motifs is 9. The second-order valence-corrected chi connectivity index (χ2v) is 12.8. The second kappa shape index (κ2) is 8.04. The number of ketones is 1. The van der Waals surface area contributed by atoms with Crippen LogP contribution in [0.5, 0.6) is 0 Å². The second-order valence-electron chi connectivity index (χ2n) is 12.8. The van der Waals surface area contributed by atoms with E-state index in [-0.39, 0.29) is 48.7 Å². The summed E-state index contributed by atoms with van der Waals surface area (Å²) in [6.07, 6.45) is 9.77. The third-order valence-electron chi connectivity index (χ3n) is 11.3. The summed E-state index contributed by atoms with van der Waals surface area (Å²) in [5, 5.41) is 0. The predicted octanol–water partition coefficient (Wildman–Crippen LogP) is 4.15. The molecule has 8 fully saturated rings. The van der Waals surface area contributed by atoms with Gasteiger partial charge in [0.05, 0.1) is 12.0 Å². The van der Waals surface area contributed by atoms with Crippen LogP contribution in [0.2, 0.25) is 0 Å². The number of carbonyl (C=O) groups is 3. The molecule has 8 saturated carbocycles. The van der Waals surface area contributed by atoms with Gasteiger partial charge in [-0.2, -0.15) is 0 Å². The first-order valence-electron chi connectivity index (χ1n) is 14.0. The number of carbonyl (C=O) groups excluding carboxylic acids is 3. The molecule has 8 aliphatic rings. The van der Waals surface area contributed by atoms with E-state index in [0.29, 0.717) is 53.6 Å². The molecular formula is C28H38O6. The van der Waals surface area contributed by atoms with Gasteiger partial charge in [-0.3, -0.25) is 14.4 Å². The van der Waals surface area contributed by atoms with Gasteiger partial charge in [0.25, 0.3) is 0 Å². The minimum atomic E-state index is -0.108. The number of rotatable bonds is 7. The van der Waals surface area contributed by atoms with Crippen LogP contribution >= 0.6 is 0 Å². The van der Waals surface area contributed by atoms with Crippen molar-refractivity contribution in [3.8, 4) is 0 Å². The van der Waals surface area contributed by atoms with Crippen molar-refractivity contribution >= 4 is 17.7 Å². The van der Waals surface area contributed by atoms with Crippen molar-refractivity contribution in [2.75, 3.05) is 6.79 Å². The van der Waals surface area contributed by atoms with Crippen molar-refractivity contribution in [1.29, 1.82) is 0 Å². The van der Waals surface area contributed by atoms with Crippen LogP contribution in [0.3, 0.4) is 0 Å². The van der Waals surface area contributed by atoms with E-state index < -0.39 is 0 Å². The summed E-state index contributed by atoms with van der Waals surface area (Å²) in [7, 11) is 0. The van der Waals surface area contributed by atoms with Crippen LogP contribution in [0.25, 0.3) is 0 Å². The molecule has 0 aliphatic heterocycles. The van der Waals surface area contributed by atoms with E-state index in [1.165, 1.54) is 6.42 Å². The average molecular weight is 471 g/mol. The molecular weight excluding hydrogens is 432 g/mol. The Kier molecular flexibility index (Phi) is 5.16. The third kappa shape index (κ3) is 3.19. The lowest BCUT2D eigenvalue weighted by atomic mass is 9.54. The standard InChI is InChI=1S/C28H38O6/c1-2-3-23(29)34-22-11-15-10-20(22)25-18-8-14(24(15)25)9-19(18)28(31)33-12-32-27-17-5-13-4-16(7-17)26(30)21(27)6-13/h13-22,24-25,27H,2-12H2,1H3. The first-order chi connectivity index (χ1) is 16.5. The highest BCUT2D eigenvalue weighted by molar-refractivity contribution is 5.86. The van der Waals surface area contributed by atoms with Crippen LogP contribution in [0.4, 0.5) is 0 Å². The zero-order chi connectivity index (χ0) is 23.1. The molecule has 13 atom stereocenters. The van der Waals surface area contributed by atoms with Gasteiger partial charge in [0.2, 0.25) is 0 Å². The number of esters is 2. The zero-order valence-corrected chi connectivity index (χ0v) is 20.2. The van der Waals surface area contributed by atoms with Gasteiger partial charge < -0.3 is 14.2 Å². The number of Topliss-reactive ketones (excluding diaryl/α,β-unsaturated/α-hetero) is 1. The fourth-order valence-corrected chi connectivity index (χ4v) is 10.5. The lowest BCUT2D eigenvalue weighted by Gasteiger charge is -2.52. The van der Waals surface area contributed by atoms with Gasteiger partial charge in [-0.25, -0.2) is 0 Å². The van der Waals surface area contributed by atoms with Gasteiger partial charge in [-0.1, -0.05) is 6.92 Å². The lowest BCUT2D eigenvalue weighted by Crippen LogP contribution is -2.55. The van der Waals surface area contributed by atoms with E-state index in [1.807, 2.05) is 6.92 Å². The zero-order valence-electron chi connectivity index (χ0n) is 20.2. The molecule has 0 aromatic heterocycles. The van der Waals surface area contributed by atoms with E-state index in [9.17, 15) is 14.4 Å². The minimum Gasteiger partial charge on any atom is -0.462 e. The normalized spacial score (nSPS) is 51.2. The molecule has 0 aromatic carbocycles. The van der Waals surface area contributed by atoms with E-state index in [4.69, 9.17) is 14.2 Å². The van der Waals surface area contributed by atoms with E-state index in [0.717, 1.165) is 57.3 Å². The van der Waals surface area contributed by atoms with Crippen molar-refractivity contribution in [2.45, 2.75) is 83.3 Å². The smallest absolute Gasteiger partial charge is 0.311 e. The predicted molar refractivity (Wildman–Crippen MR) is 121 cm³/mol. The molecule has 0 aromatic rings. The highest BCUT2D eigenvalue weighted by Gasteiger charge is 2.66. The molecule has 0 spiro atoms. The van der Waals surface area contributed by atoms with Crippen molar-refractivity contribution in [3.63, 3.8) is 0 Å². The summed E-state index contributed by atoms with van der Waals surface area (Å²) in [4.78, 5) is 37.9. The van der Waals surface area contributed by atoms with Crippen LogP contribution in [0.1, 0.15) is 71.1 Å². The van der Waals surface area contributed by atoms with Crippen molar-refractivity contribution < 1.29 is 28.6 Å². The van der Waals surface area contributed by atoms with Gasteiger partial charge in [0, 0.05) is 18.3 Å². The van der Waals surface area contributed by atoms with Gasteiger partial charge in [0.15, 0.2) is 6.79 Å². The van der Waals surface area contributed by atoms with Gasteiger partial charge in [-0.05, 0) is 105 Å². The van der Waals surface area contributed by atoms with Crippen molar-refractivity contribution in [2.24, 2.45) is 65.1 Å². The summed E-state index contributed by atoms with van der Waals surface area (Å²) >= 11 is 0. The number of ether oxygens (including phenoxy) is 3. The lowest BCUT2D eigenvalue weighted by molar-refractivity contribution is -0.192. The largest absolute Gasteiger partial charge is 0.462 e. The first kappa shape index (κ1) is 21.8. The Hall–Kier alpha value is -1.43. The maximum atomic E-state index is 13.1. The minimum absolute atomic E-state index is 0.00952. The SMILES string of the molecule is CCCC(=O)OC1CC2CC1C1C3CC(CC3C(=O)OCOC3C4CC5CC(C4)C(=O)C3C5)C21. The first-order valence-corrected chi connectivity index (χ1v) is 14.0. The maximum absolute atomic E-state index is 13.1. The molecule has 0 heterocycles. The third-order valence-corrected chi connectivity index (χ3v) is 11.3. The highest BCUT2D eigenvalue weighted by Crippen LogP contribution is 2.69. The molecule has 13 unspecified atom stereocenters.